The fraction of sp³-hybridized carbons (Fsp3) is 0.179. The Labute approximate surface area is 234 Å². The predicted octanol–water partition coefficient (Wildman–Crippen LogP) is 5.32. The van der Waals surface area contributed by atoms with Gasteiger partial charge >= 0.3 is 6.36 Å². The normalized spacial score (nSPS) is 13.3. The molecule has 0 fully saturated rings. The molecule has 1 amide bonds. The molecule has 0 aliphatic carbocycles. The zero-order valence-corrected chi connectivity index (χ0v) is 22.4. The summed E-state index contributed by atoms with van der Waals surface area (Å²) in [6, 6.07) is 18.2. The molecule has 1 aliphatic rings. The van der Waals surface area contributed by atoms with Gasteiger partial charge in [0.1, 0.15) is 23.9 Å². The maximum Gasteiger partial charge on any atom is 0.573 e. The van der Waals surface area contributed by atoms with E-state index >= 15 is 0 Å². The molecule has 0 unspecified atom stereocenters. The van der Waals surface area contributed by atoms with E-state index in [0.717, 1.165) is 5.56 Å². The summed E-state index contributed by atoms with van der Waals surface area (Å²) in [4.78, 5) is 22.9. The summed E-state index contributed by atoms with van der Waals surface area (Å²) in [7, 11) is -4.02. The highest BCUT2D eigenvalue weighted by Crippen LogP contribution is 2.31. The van der Waals surface area contributed by atoms with E-state index in [2.05, 4.69) is 14.7 Å². The van der Waals surface area contributed by atoms with Crippen LogP contribution in [-0.4, -0.2) is 53.3 Å². The number of nitrogens with zero attached hydrogens (tertiary/aromatic N) is 3. The van der Waals surface area contributed by atoms with E-state index in [0.29, 0.717) is 41.4 Å². The number of benzene rings is 3. The molecular weight excluding hydrogens is 563 g/mol. The van der Waals surface area contributed by atoms with Crippen LogP contribution < -0.4 is 9.47 Å². The van der Waals surface area contributed by atoms with Crippen LogP contribution >= 0.6 is 0 Å². The first-order chi connectivity index (χ1) is 19.4. The molecule has 9 nitrogen and oxygen atoms in total. The van der Waals surface area contributed by atoms with Crippen molar-refractivity contribution in [2.24, 2.45) is 0 Å². The maximum absolute atomic E-state index is 13.1. The number of carbonyl (C=O) groups is 1. The van der Waals surface area contributed by atoms with Gasteiger partial charge in [-0.3, -0.25) is 9.35 Å². The van der Waals surface area contributed by atoms with Crippen LogP contribution in [0.25, 0.3) is 11.1 Å². The van der Waals surface area contributed by atoms with Crippen molar-refractivity contribution in [3.05, 3.63) is 102 Å². The van der Waals surface area contributed by atoms with Crippen molar-refractivity contribution in [3.63, 3.8) is 0 Å². The molecule has 41 heavy (non-hydrogen) atoms. The van der Waals surface area contributed by atoms with Crippen LogP contribution in [0.5, 0.6) is 11.5 Å². The van der Waals surface area contributed by atoms with E-state index in [4.69, 9.17) is 9.29 Å². The summed E-state index contributed by atoms with van der Waals surface area (Å²) >= 11 is 0. The number of halogens is 3. The van der Waals surface area contributed by atoms with Crippen molar-refractivity contribution in [3.8, 4) is 22.6 Å². The third-order valence-corrected chi connectivity index (χ3v) is 6.68. The van der Waals surface area contributed by atoms with E-state index in [9.17, 15) is 26.4 Å². The number of alkyl halides is 3. The van der Waals surface area contributed by atoms with Gasteiger partial charge in [-0.25, -0.2) is 9.97 Å². The molecule has 0 spiro atoms. The van der Waals surface area contributed by atoms with Gasteiger partial charge in [-0.1, -0.05) is 35.9 Å². The first-order valence-electron chi connectivity index (χ1n) is 12.1. The van der Waals surface area contributed by atoms with Crippen molar-refractivity contribution < 1.29 is 40.4 Å². The number of fused-ring (bicyclic) bond motifs is 1. The Hall–Kier alpha value is -4.49. The Balaban J connectivity index is 0.000000296. The Morgan fingerprint density at radius 1 is 0.976 bits per heavy atom. The third-order valence-electron chi connectivity index (χ3n) is 5.81. The van der Waals surface area contributed by atoms with Crippen LogP contribution in [-0.2, 0) is 16.7 Å². The van der Waals surface area contributed by atoms with Crippen LogP contribution in [0.2, 0.25) is 0 Å². The highest BCUT2D eigenvalue weighted by molar-refractivity contribution is 7.85. The quantitative estimate of drug-likeness (QED) is 0.312. The third kappa shape index (κ3) is 8.25. The molecule has 0 atom stereocenters. The van der Waals surface area contributed by atoms with Crippen molar-refractivity contribution in [1.29, 1.82) is 0 Å². The zero-order valence-electron chi connectivity index (χ0n) is 21.6. The van der Waals surface area contributed by atoms with Crippen LogP contribution in [0.15, 0.2) is 90.1 Å². The number of aryl methyl sites for hydroxylation is 1. The van der Waals surface area contributed by atoms with E-state index in [1.54, 1.807) is 53.7 Å². The largest absolute Gasteiger partial charge is 0.573 e. The average Bonchev–Trinajstić information content (AvgIpc) is 3.07. The van der Waals surface area contributed by atoms with Gasteiger partial charge in [0.15, 0.2) is 0 Å². The number of ether oxygens (including phenoxy) is 2. The molecule has 3 aromatic carbocycles. The van der Waals surface area contributed by atoms with Crippen LogP contribution in [0, 0.1) is 6.92 Å². The summed E-state index contributed by atoms with van der Waals surface area (Å²) in [5, 5.41) is 0. The number of hydrogen-bond donors (Lipinski definition) is 1. The number of rotatable bonds is 5. The minimum Gasteiger partial charge on any atom is -0.491 e. The summed E-state index contributed by atoms with van der Waals surface area (Å²) in [5.41, 5.74) is 2.64. The van der Waals surface area contributed by atoms with Gasteiger partial charge in [0, 0.05) is 12.4 Å². The van der Waals surface area contributed by atoms with E-state index in [1.165, 1.54) is 36.4 Å². The van der Waals surface area contributed by atoms with Crippen molar-refractivity contribution in [2.45, 2.75) is 24.7 Å². The molecule has 4 aromatic rings. The number of hydrogen-bond acceptors (Lipinski definition) is 7. The molecule has 1 N–H and O–H groups in total. The number of aromatic nitrogens is 2. The van der Waals surface area contributed by atoms with Crippen molar-refractivity contribution in [1.82, 2.24) is 14.9 Å². The lowest BCUT2D eigenvalue weighted by Gasteiger charge is -2.19. The van der Waals surface area contributed by atoms with Gasteiger partial charge in [-0.2, -0.15) is 8.42 Å². The van der Waals surface area contributed by atoms with Crippen molar-refractivity contribution in [2.75, 3.05) is 13.2 Å². The second-order valence-corrected chi connectivity index (χ2v) is 10.2. The van der Waals surface area contributed by atoms with E-state index in [1.807, 2.05) is 6.92 Å². The predicted molar refractivity (Wildman–Crippen MR) is 142 cm³/mol. The van der Waals surface area contributed by atoms with Crippen LogP contribution in [0.4, 0.5) is 13.2 Å². The topological polar surface area (TPSA) is 119 Å². The summed E-state index contributed by atoms with van der Waals surface area (Å²) < 4.78 is 76.2. The van der Waals surface area contributed by atoms with Crippen LogP contribution in [0.1, 0.15) is 21.7 Å². The average molecular weight is 588 g/mol. The molecule has 214 valence electrons. The van der Waals surface area contributed by atoms with Gasteiger partial charge in [0.25, 0.3) is 16.0 Å². The molecule has 0 bridgehead atoms. The van der Waals surface area contributed by atoms with Crippen molar-refractivity contribution >= 4 is 16.0 Å². The molecular formula is C28H24F3N3O6S. The monoisotopic (exact) mass is 587 g/mol. The lowest BCUT2D eigenvalue weighted by Crippen LogP contribution is -2.32. The molecule has 5 rings (SSSR count). The summed E-state index contributed by atoms with van der Waals surface area (Å²) in [6.07, 6.45) is -1.53. The lowest BCUT2D eigenvalue weighted by atomic mass is 10.0. The van der Waals surface area contributed by atoms with Crippen LogP contribution in [0.3, 0.4) is 0 Å². The fourth-order valence-corrected chi connectivity index (χ4v) is 4.31. The van der Waals surface area contributed by atoms with Gasteiger partial charge in [0.2, 0.25) is 0 Å². The first kappa shape index (κ1) is 29.5. The number of amides is 1. The molecule has 1 aliphatic heterocycles. The standard InChI is InChI=1S/C21H16F3N3O3.C7H8O3S/c22-21(23,24)30-16-5-2-14(3-6-16)15-4-7-18-17(12-15)20(28)27(10-11-29-18)13-19-25-8-1-9-26-19;1-6-2-4-7(5-3-6)11(8,9)10/h1-9,12H,10-11,13H2;2-5H,1H3,(H,8,9,10). The van der Waals surface area contributed by atoms with E-state index < -0.39 is 16.5 Å². The molecule has 0 saturated heterocycles. The second-order valence-electron chi connectivity index (χ2n) is 8.81. The molecule has 1 aromatic heterocycles. The van der Waals surface area contributed by atoms with Gasteiger partial charge in [-0.15, -0.1) is 13.2 Å². The summed E-state index contributed by atoms with van der Waals surface area (Å²) in [6.45, 7) is 2.79. The SMILES string of the molecule is Cc1ccc(S(=O)(=O)O)cc1.O=C1c2cc(-c3ccc(OC(F)(F)F)cc3)ccc2OCCN1Cc1ncccn1. The maximum atomic E-state index is 13.1. The van der Waals surface area contributed by atoms with Gasteiger partial charge < -0.3 is 14.4 Å². The lowest BCUT2D eigenvalue weighted by molar-refractivity contribution is -0.274. The molecule has 13 heteroatoms. The Morgan fingerprint density at radius 2 is 1.61 bits per heavy atom. The molecule has 0 radical (unpaired) electrons. The highest BCUT2D eigenvalue weighted by Gasteiger charge is 2.31. The minimum absolute atomic E-state index is 0.0666. The van der Waals surface area contributed by atoms with Gasteiger partial charge in [-0.05, 0) is 60.5 Å². The van der Waals surface area contributed by atoms with E-state index in [-0.39, 0.29) is 23.1 Å². The smallest absolute Gasteiger partial charge is 0.491 e. The Bertz CT molecular complexity index is 1600. The van der Waals surface area contributed by atoms with Gasteiger partial charge in [0.05, 0.1) is 23.5 Å². The minimum atomic E-state index is -4.75. The zero-order chi connectivity index (χ0) is 29.6. The Kier molecular flexibility index (Phi) is 8.89. The Morgan fingerprint density at radius 3 is 2.22 bits per heavy atom. The first-order valence-corrected chi connectivity index (χ1v) is 13.6. The summed E-state index contributed by atoms with van der Waals surface area (Å²) in [5.74, 6) is 0.436. The second kappa shape index (κ2) is 12.4. The molecule has 0 saturated carbocycles. The molecule has 2 heterocycles. The highest BCUT2D eigenvalue weighted by atomic mass is 32.2. The fourth-order valence-electron chi connectivity index (χ4n) is 3.83. The number of carbonyl (C=O) groups excluding carboxylic acids is 1.